The summed E-state index contributed by atoms with van der Waals surface area (Å²) in [6.07, 6.45) is 16.0. The molecular weight excluding hydrogens is 591 g/mol. The number of unbranched alkanes of at least 4 members (excludes halogenated alkanes) is 10. The monoisotopic (exact) mass is 645 g/mol. The second kappa shape index (κ2) is 21.1. The van der Waals surface area contributed by atoms with E-state index in [0.717, 1.165) is 12.8 Å². The van der Waals surface area contributed by atoms with Crippen LogP contribution in [0, 0.1) is 0 Å². The molecule has 0 bridgehead atoms. The van der Waals surface area contributed by atoms with Gasteiger partial charge >= 0.3 is 0 Å². The van der Waals surface area contributed by atoms with E-state index in [-0.39, 0.29) is 11.5 Å². The number of rotatable bonds is 19. The smallest absolute Gasteiger partial charge is 0.266 e. The number of benzene rings is 4. The molecule has 0 saturated heterocycles. The molecule has 5 heteroatoms. The maximum atomic E-state index is 11.9. The van der Waals surface area contributed by atoms with E-state index in [9.17, 15) is 8.42 Å². The van der Waals surface area contributed by atoms with Crippen LogP contribution >= 0.6 is 7.26 Å². The molecule has 0 atom stereocenters. The van der Waals surface area contributed by atoms with Crippen LogP contribution in [0.4, 0.5) is 0 Å². The molecule has 0 aliphatic heterocycles. The molecule has 0 saturated carbocycles. The third-order valence-electron chi connectivity index (χ3n) is 8.21. The Morgan fingerprint density at radius 2 is 0.822 bits per heavy atom. The third-order valence-corrected chi connectivity index (χ3v) is 14.1. The molecule has 4 rings (SSSR count). The Hall–Kier alpha value is -2.78. The standard InChI is InChI=1S/C22H24P.C18H30O3S/c1-2-3-19-23(20-13-7-4-8-14-20,21-15-9-5-10-16-21)22-17-11-6-12-18-22;1-2-3-4-5-6-7-8-9-10-14-17-21-22(19,20)18-15-12-11-13-16-18/h4-18H,2-3,19H2,1H3;11-13,15-16H,2-10,14,17H2,1H3. The van der Waals surface area contributed by atoms with Crippen molar-refractivity contribution in [2.45, 2.75) is 95.8 Å². The van der Waals surface area contributed by atoms with Crippen molar-refractivity contribution in [3.8, 4) is 0 Å². The first-order valence-corrected chi connectivity index (χ1v) is 20.4. The van der Waals surface area contributed by atoms with Crippen LogP contribution < -0.4 is 15.9 Å². The van der Waals surface area contributed by atoms with Crippen LogP contribution in [0.3, 0.4) is 0 Å². The Kier molecular flexibility index (Phi) is 17.2. The van der Waals surface area contributed by atoms with E-state index in [1.165, 1.54) is 86.3 Å². The normalized spacial score (nSPS) is 11.5. The summed E-state index contributed by atoms with van der Waals surface area (Å²) in [4.78, 5) is 0.238. The van der Waals surface area contributed by atoms with E-state index in [1.807, 2.05) is 0 Å². The van der Waals surface area contributed by atoms with E-state index in [0.29, 0.717) is 0 Å². The lowest BCUT2D eigenvalue weighted by molar-refractivity contribution is 0.306. The van der Waals surface area contributed by atoms with Gasteiger partial charge < -0.3 is 0 Å². The van der Waals surface area contributed by atoms with E-state index in [2.05, 4.69) is 105 Å². The molecule has 0 fully saturated rings. The highest BCUT2D eigenvalue weighted by atomic mass is 32.2. The molecule has 0 aromatic heterocycles. The van der Waals surface area contributed by atoms with Crippen molar-refractivity contribution >= 4 is 33.3 Å². The highest BCUT2D eigenvalue weighted by Gasteiger charge is 2.32. The second-order valence-corrected chi connectivity index (χ2v) is 16.9. The van der Waals surface area contributed by atoms with Crippen LogP contribution in [0.5, 0.6) is 0 Å². The summed E-state index contributed by atoms with van der Waals surface area (Å²) in [7, 11) is -5.14. The predicted molar refractivity (Wildman–Crippen MR) is 196 cm³/mol. The van der Waals surface area contributed by atoms with Gasteiger partial charge in [0.25, 0.3) is 10.1 Å². The molecule has 0 heterocycles. The van der Waals surface area contributed by atoms with Crippen molar-refractivity contribution in [3.05, 3.63) is 121 Å². The molecule has 4 aromatic rings. The molecular formula is C40H54O3PS. The highest BCUT2D eigenvalue weighted by molar-refractivity contribution is 7.95. The van der Waals surface area contributed by atoms with Crippen LogP contribution in [0.25, 0.3) is 0 Å². The Morgan fingerprint density at radius 3 is 1.22 bits per heavy atom. The fourth-order valence-corrected chi connectivity index (χ4v) is 11.2. The van der Waals surface area contributed by atoms with Gasteiger partial charge in [-0.05, 0) is 54.3 Å². The van der Waals surface area contributed by atoms with Crippen molar-refractivity contribution in [1.82, 2.24) is 0 Å². The largest absolute Gasteiger partial charge is 0.296 e. The fraction of sp³-hybridized carbons (Fsp3) is 0.400. The molecule has 0 aliphatic carbocycles. The van der Waals surface area contributed by atoms with Crippen LogP contribution in [0.1, 0.15) is 90.9 Å². The summed E-state index contributed by atoms with van der Waals surface area (Å²) >= 11 is 0. The molecule has 45 heavy (non-hydrogen) atoms. The van der Waals surface area contributed by atoms with Crippen molar-refractivity contribution < 1.29 is 12.6 Å². The van der Waals surface area contributed by atoms with E-state index >= 15 is 0 Å². The zero-order valence-corrected chi connectivity index (χ0v) is 29.2. The van der Waals surface area contributed by atoms with Crippen molar-refractivity contribution in [2.24, 2.45) is 0 Å². The van der Waals surface area contributed by atoms with Gasteiger partial charge in [0, 0.05) is 0 Å². The molecule has 0 N–H and O–H groups in total. The van der Waals surface area contributed by atoms with Gasteiger partial charge in [-0.2, -0.15) is 8.42 Å². The van der Waals surface area contributed by atoms with Crippen LogP contribution in [0.2, 0.25) is 0 Å². The zero-order chi connectivity index (χ0) is 32.1. The van der Waals surface area contributed by atoms with Gasteiger partial charge in [0.1, 0.15) is 0 Å². The first kappa shape index (κ1) is 36.7. The van der Waals surface area contributed by atoms with Gasteiger partial charge in [-0.3, -0.25) is 4.18 Å². The average molecular weight is 646 g/mol. The SMILES string of the molecule is CCCCCCCCCCCCOS(=O)(=O)c1ccccc1.CCCC[P](c1ccccc1)(c1ccccc1)c1ccccc1. The number of hydrogen-bond donors (Lipinski definition) is 0. The molecule has 0 unspecified atom stereocenters. The first-order valence-electron chi connectivity index (χ1n) is 17.0. The second-order valence-electron chi connectivity index (χ2n) is 11.7. The lowest BCUT2D eigenvalue weighted by Crippen LogP contribution is -2.33. The molecule has 0 aliphatic rings. The van der Waals surface area contributed by atoms with Gasteiger partial charge in [-0.15, -0.1) is 0 Å². The fourth-order valence-electron chi connectivity index (χ4n) is 5.69. The summed E-state index contributed by atoms with van der Waals surface area (Å²) in [6, 6.07) is 41.7. The summed E-state index contributed by atoms with van der Waals surface area (Å²) < 4.78 is 28.8. The van der Waals surface area contributed by atoms with Crippen molar-refractivity contribution in [3.63, 3.8) is 0 Å². The third kappa shape index (κ3) is 12.2. The van der Waals surface area contributed by atoms with Crippen LogP contribution in [0.15, 0.2) is 126 Å². The first-order chi connectivity index (χ1) is 22.0. The topological polar surface area (TPSA) is 43.4 Å². The summed E-state index contributed by atoms with van der Waals surface area (Å²) in [5.41, 5.74) is 0. The molecule has 0 spiro atoms. The lowest BCUT2D eigenvalue weighted by Gasteiger charge is -2.38. The molecule has 4 aromatic carbocycles. The summed E-state index contributed by atoms with van der Waals surface area (Å²) in [5, 5.41) is 4.47. The minimum Gasteiger partial charge on any atom is -0.266 e. The lowest BCUT2D eigenvalue weighted by atomic mass is 10.1. The Morgan fingerprint density at radius 1 is 0.467 bits per heavy atom. The quantitative estimate of drug-likeness (QED) is 0.0579. The van der Waals surface area contributed by atoms with Crippen molar-refractivity contribution in [2.75, 3.05) is 12.8 Å². The Balaban J connectivity index is 0.000000246. The summed E-state index contributed by atoms with van der Waals surface area (Å²) in [6.45, 7) is 4.81. The zero-order valence-electron chi connectivity index (χ0n) is 27.5. The number of hydrogen-bond acceptors (Lipinski definition) is 3. The van der Waals surface area contributed by atoms with Crippen LogP contribution in [-0.4, -0.2) is 21.2 Å². The van der Waals surface area contributed by atoms with Gasteiger partial charge in [0.15, 0.2) is 0 Å². The Bertz CT molecular complexity index is 1300. The average Bonchev–Trinajstić information content (AvgIpc) is 3.10. The molecule has 0 amide bonds. The molecule has 1 radical (unpaired) electrons. The van der Waals surface area contributed by atoms with Crippen molar-refractivity contribution in [1.29, 1.82) is 0 Å². The van der Waals surface area contributed by atoms with Gasteiger partial charge in [0.2, 0.25) is 0 Å². The van der Waals surface area contributed by atoms with Gasteiger partial charge in [-0.25, -0.2) is 0 Å². The highest BCUT2D eigenvalue weighted by Crippen LogP contribution is 2.55. The maximum Gasteiger partial charge on any atom is 0.296 e. The maximum absolute atomic E-state index is 11.9. The van der Waals surface area contributed by atoms with Gasteiger partial charge in [0.05, 0.1) is 11.5 Å². The summed E-state index contributed by atoms with van der Waals surface area (Å²) in [5.74, 6) is 0. The van der Waals surface area contributed by atoms with E-state index in [4.69, 9.17) is 4.18 Å². The van der Waals surface area contributed by atoms with Crippen LogP contribution in [-0.2, 0) is 14.3 Å². The minimum atomic E-state index is -3.57. The van der Waals surface area contributed by atoms with Gasteiger partial charge in [-0.1, -0.05) is 187 Å². The Labute approximate surface area is 274 Å². The minimum absolute atomic E-state index is 0.238. The van der Waals surface area contributed by atoms with E-state index < -0.39 is 17.4 Å². The molecule has 3 nitrogen and oxygen atoms in total. The molecule has 243 valence electrons. The predicted octanol–water partition coefficient (Wildman–Crippen LogP) is 10.1. The van der Waals surface area contributed by atoms with E-state index in [1.54, 1.807) is 30.3 Å².